The van der Waals surface area contributed by atoms with Gasteiger partial charge in [-0.1, -0.05) is 20.3 Å². The van der Waals surface area contributed by atoms with Gasteiger partial charge in [-0.25, -0.2) is 4.79 Å². The van der Waals surface area contributed by atoms with E-state index in [4.69, 9.17) is 27.7 Å². The van der Waals surface area contributed by atoms with Crippen LogP contribution in [0.4, 0.5) is 0 Å². The molecule has 15 N–H and O–H groups in total. The number of unbranched alkanes of at least 4 members (excludes halogenated alkanes) is 1. The molecule has 0 heterocycles. The molecular weight excluding hydrogens is 622 g/mol. The van der Waals surface area contributed by atoms with Crippen LogP contribution in [0.2, 0.25) is 0 Å². The predicted molar refractivity (Wildman–Crippen MR) is 169 cm³/mol. The van der Waals surface area contributed by atoms with Crippen LogP contribution >= 0.6 is 0 Å². The monoisotopic (exact) mass is 673 g/mol. The Bertz CT molecular complexity index is 1090. The highest BCUT2D eigenvalue weighted by Crippen LogP contribution is 2.10. The number of guanidine groups is 1. The molecule has 0 rings (SSSR count). The topological polar surface area (TPSA) is 342 Å². The van der Waals surface area contributed by atoms with Gasteiger partial charge in [-0.2, -0.15) is 0 Å². The zero-order valence-electron chi connectivity index (χ0n) is 26.9. The zero-order chi connectivity index (χ0) is 36.1. The quantitative estimate of drug-likeness (QED) is 0.0271. The number of amides is 4. The summed E-state index contributed by atoms with van der Waals surface area (Å²) in [5.74, 6) is -7.80. The molecular formula is C28H51N9O10. The van der Waals surface area contributed by atoms with E-state index in [2.05, 4.69) is 26.6 Å². The Morgan fingerprint density at radius 1 is 0.660 bits per heavy atom. The summed E-state index contributed by atoms with van der Waals surface area (Å²) in [7, 11) is 0. The van der Waals surface area contributed by atoms with Gasteiger partial charge in [0.1, 0.15) is 24.2 Å². The van der Waals surface area contributed by atoms with Gasteiger partial charge in [-0.3, -0.25) is 34.2 Å². The molecule has 268 valence electrons. The number of hydrogen-bond acceptors (Lipinski definition) is 10. The Kier molecular flexibility index (Phi) is 20.7. The average molecular weight is 674 g/mol. The fourth-order valence-electron chi connectivity index (χ4n) is 4.30. The van der Waals surface area contributed by atoms with Gasteiger partial charge in [-0.05, 0) is 57.4 Å². The minimum absolute atomic E-state index is 0.0619. The molecule has 0 aromatic carbocycles. The second-order valence-corrected chi connectivity index (χ2v) is 11.5. The van der Waals surface area contributed by atoms with Crippen LogP contribution in [0.1, 0.15) is 78.1 Å². The normalized spacial score (nSPS) is 14.1. The SMILES string of the molecule is CC(C)C[C@H](NC(=O)[C@H](CCC(=O)O)NC(=O)[C@H](N)CCCCN)C(=O)N[C@@H](CCCNC(=N)N)C(=O)N[C@@H](CCC(=O)O)C(=O)O. The van der Waals surface area contributed by atoms with Gasteiger partial charge in [0.15, 0.2) is 5.96 Å². The minimum Gasteiger partial charge on any atom is -0.481 e. The van der Waals surface area contributed by atoms with E-state index in [1.54, 1.807) is 13.8 Å². The first-order valence-electron chi connectivity index (χ1n) is 15.4. The van der Waals surface area contributed by atoms with Crippen molar-refractivity contribution in [2.75, 3.05) is 13.1 Å². The molecule has 4 amide bonds. The Morgan fingerprint density at radius 2 is 1.13 bits per heavy atom. The molecule has 0 saturated heterocycles. The van der Waals surface area contributed by atoms with Crippen molar-refractivity contribution in [3.8, 4) is 0 Å². The van der Waals surface area contributed by atoms with Crippen molar-refractivity contribution in [2.45, 2.75) is 108 Å². The summed E-state index contributed by atoms with van der Waals surface area (Å²) in [5, 5.41) is 47.1. The summed E-state index contributed by atoms with van der Waals surface area (Å²) < 4.78 is 0. The maximum atomic E-state index is 13.5. The first kappa shape index (κ1) is 42.5. The molecule has 19 heteroatoms. The lowest BCUT2D eigenvalue weighted by Crippen LogP contribution is -2.58. The van der Waals surface area contributed by atoms with Gasteiger partial charge in [0, 0.05) is 19.4 Å². The van der Waals surface area contributed by atoms with Crippen LogP contribution in [-0.4, -0.2) is 106 Å². The maximum Gasteiger partial charge on any atom is 0.326 e. The molecule has 0 aliphatic carbocycles. The van der Waals surface area contributed by atoms with E-state index in [9.17, 15) is 43.8 Å². The molecule has 0 fully saturated rings. The van der Waals surface area contributed by atoms with Crippen molar-refractivity contribution < 1.29 is 48.9 Å². The van der Waals surface area contributed by atoms with E-state index in [0.717, 1.165) is 0 Å². The van der Waals surface area contributed by atoms with Crippen LogP contribution < -0.4 is 43.8 Å². The molecule has 19 nitrogen and oxygen atoms in total. The lowest BCUT2D eigenvalue weighted by molar-refractivity contribution is -0.143. The van der Waals surface area contributed by atoms with Crippen molar-refractivity contribution >= 4 is 47.5 Å². The Hall–Kier alpha value is -4.52. The van der Waals surface area contributed by atoms with Crippen LogP contribution in [0.3, 0.4) is 0 Å². The number of hydrogen-bond donors (Lipinski definition) is 12. The van der Waals surface area contributed by atoms with Gasteiger partial charge in [0.2, 0.25) is 23.6 Å². The molecule has 0 bridgehead atoms. The van der Waals surface area contributed by atoms with E-state index < -0.39 is 91.0 Å². The van der Waals surface area contributed by atoms with E-state index in [0.29, 0.717) is 19.4 Å². The van der Waals surface area contributed by atoms with Crippen LogP contribution in [0.5, 0.6) is 0 Å². The van der Waals surface area contributed by atoms with Crippen molar-refractivity contribution in [2.24, 2.45) is 23.1 Å². The number of carbonyl (C=O) groups excluding carboxylic acids is 4. The van der Waals surface area contributed by atoms with Crippen molar-refractivity contribution in [1.29, 1.82) is 5.41 Å². The fourth-order valence-corrected chi connectivity index (χ4v) is 4.30. The molecule has 0 aliphatic heterocycles. The summed E-state index contributed by atoms with van der Waals surface area (Å²) in [4.78, 5) is 86.5. The maximum absolute atomic E-state index is 13.5. The zero-order valence-corrected chi connectivity index (χ0v) is 26.9. The highest BCUT2D eigenvalue weighted by molar-refractivity contribution is 5.95. The van der Waals surface area contributed by atoms with Gasteiger partial charge in [-0.15, -0.1) is 0 Å². The van der Waals surface area contributed by atoms with E-state index in [1.165, 1.54) is 0 Å². The first-order chi connectivity index (χ1) is 22.0. The highest BCUT2D eigenvalue weighted by atomic mass is 16.4. The Morgan fingerprint density at radius 3 is 1.62 bits per heavy atom. The molecule has 0 aromatic rings. The molecule has 5 atom stereocenters. The van der Waals surface area contributed by atoms with Crippen LogP contribution in [0.15, 0.2) is 0 Å². The third kappa shape index (κ3) is 19.6. The number of nitrogens with one attached hydrogen (secondary N) is 6. The largest absolute Gasteiger partial charge is 0.481 e. The van der Waals surface area contributed by atoms with Crippen molar-refractivity contribution in [3.05, 3.63) is 0 Å². The standard InChI is InChI=1S/C28H51N9O10/c1-15(2)14-20(37-25(44)18(8-10-21(38)39)34-23(42)16(30)6-3-4-12-29)26(45)35-17(7-5-13-33-28(31)32)24(43)36-19(27(46)47)9-11-22(40)41/h15-20H,3-14,29-30H2,1-2H3,(H,34,42)(H,35,45)(H,36,43)(H,37,44)(H,38,39)(H,40,41)(H,46,47)(H4,31,32,33)/t16-,17+,18+,19+,20+/m1/s1. The smallest absolute Gasteiger partial charge is 0.326 e. The number of carbonyl (C=O) groups is 7. The summed E-state index contributed by atoms with van der Waals surface area (Å²) >= 11 is 0. The minimum atomic E-state index is -1.57. The van der Waals surface area contributed by atoms with Gasteiger partial charge >= 0.3 is 17.9 Å². The van der Waals surface area contributed by atoms with E-state index in [1.807, 2.05) is 0 Å². The molecule has 0 aliphatic rings. The molecule has 0 saturated carbocycles. The number of carboxylic acids is 3. The summed E-state index contributed by atoms with van der Waals surface area (Å²) in [6.45, 7) is 4.05. The average Bonchev–Trinajstić information content (AvgIpc) is 2.97. The second-order valence-electron chi connectivity index (χ2n) is 11.5. The molecule has 0 aromatic heterocycles. The Balaban J connectivity index is 6.00. The summed E-state index contributed by atoms with van der Waals surface area (Å²) in [5.41, 5.74) is 16.7. The summed E-state index contributed by atoms with van der Waals surface area (Å²) in [6.07, 6.45) is -0.115. The first-order valence-corrected chi connectivity index (χ1v) is 15.4. The molecule has 0 spiro atoms. The van der Waals surface area contributed by atoms with Crippen LogP contribution in [-0.2, 0) is 33.6 Å². The van der Waals surface area contributed by atoms with E-state index in [-0.39, 0.29) is 50.5 Å². The third-order valence-corrected chi connectivity index (χ3v) is 6.81. The van der Waals surface area contributed by atoms with Crippen LogP contribution in [0, 0.1) is 11.3 Å². The van der Waals surface area contributed by atoms with Gasteiger partial charge < -0.3 is 59.1 Å². The lowest BCUT2D eigenvalue weighted by Gasteiger charge is -2.27. The second kappa shape index (κ2) is 22.9. The molecule has 0 radical (unpaired) electrons. The number of carboxylic acid groups (broad SMARTS) is 3. The number of nitrogens with two attached hydrogens (primary N) is 3. The third-order valence-electron chi connectivity index (χ3n) is 6.81. The predicted octanol–water partition coefficient (Wildman–Crippen LogP) is -2.49. The number of rotatable bonds is 25. The molecule has 0 unspecified atom stereocenters. The van der Waals surface area contributed by atoms with Gasteiger partial charge in [0.05, 0.1) is 6.04 Å². The van der Waals surface area contributed by atoms with Crippen LogP contribution in [0.25, 0.3) is 0 Å². The Labute approximate surface area is 273 Å². The fraction of sp³-hybridized carbons (Fsp3) is 0.714. The van der Waals surface area contributed by atoms with Crippen molar-refractivity contribution in [1.82, 2.24) is 26.6 Å². The number of aliphatic carboxylic acids is 3. The lowest BCUT2D eigenvalue weighted by atomic mass is 10.0. The van der Waals surface area contributed by atoms with Crippen molar-refractivity contribution in [3.63, 3.8) is 0 Å². The summed E-state index contributed by atoms with van der Waals surface area (Å²) in [6, 6.07) is -6.52. The molecule has 47 heavy (non-hydrogen) atoms. The van der Waals surface area contributed by atoms with Gasteiger partial charge in [0.25, 0.3) is 0 Å². The van der Waals surface area contributed by atoms with E-state index >= 15 is 0 Å². The highest BCUT2D eigenvalue weighted by Gasteiger charge is 2.32.